The summed E-state index contributed by atoms with van der Waals surface area (Å²) in [6.45, 7) is 3.27. The summed E-state index contributed by atoms with van der Waals surface area (Å²) >= 11 is 0. The molecule has 0 radical (unpaired) electrons. The number of nitrogens with one attached hydrogen (secondary N) is 1. The number of hydrogen-bond donors (Lipinski definition) is 1. The molecule has 2 aromatic rings. The third kappa shape index (κ3) is 4.29. The third-order valence-electron chi connectivity index (χ3n) is 6.16. The minimum atomic E-state index is 0.835. The van der Waals surface area contributed by atoms with Crippen molar-refractivity contribution in [3.8, 4) is 0 Å². The van der Waals surface area contributed by atoms with Crippen molar-refractivity contribution in [1.29, 1.82) is 0 Å². The first-order chi connectivity index (χ1) is 12.7. The molecule has 1 saturated heterocycles. The van der Waals surface area contributed by atoms with Crippen molar-refractivity contribution in [2.24, 2.45) is 11.8 Å². The van der Waals surface area contributed by atoms with E-state index in [0.29, 0.717) is 0 Å². The Kier molecular flexibility index (Phi) is 5.60. The summed E-state index contributed by atoms with van der Waals surface area (Å²) in [5.41, 5.74) is 5.01. The van der Waals surface area contributed by atoms with E-state index in [1.54, 1.807) is 0 Å². The van der Waals surface area contributed by atoms with Crippen molar-refractivity contribution in [3.63, 3.8) is 0 Å². The lowest BCUT2D eigenvalue weighted by molar-refractivity contribution is 0.349. The maximum atomic E-state index is 5.90. The van der Waals surface area contributed by atoms with E-state index in [9.17, 15) is 0 Å². The Bertz CT molecular complexity index is 726. The standard InChI is InChI=1S/C22H33N3O/c1-25(2)15-20-18(7-5-16-3-4-16)8-9-19-21(24-26-22(19)20)10-6-17-11-13-23-14-12-17/h8-9,16-17,23H,3-7,10-15H2,1-2H3. The van der Waals surface area contributed by atoms with Crippen molar-refractivity contribution in [1.82, 2.24) is 15.4 Å². The van der Waals surface area contributed by atoms with E-state index in [1.807, 2.05) is 0 Å². The van der Waals surface area contributed by atoms with E-state index >= 15 is 0 Å². The summed E-state index contributed by atoms with van der Waals surface area (Å²) in [5.74, 6) is 1.80. The molecular formula is C22H33N3O. The molecule has 0 amide bonds. The number of aryl methyl sites for hydroxylation is 2. The predicted octanol–water partition coefficient (Wildman–Crippen LogP) is 4.16. The molecule has 1 saturated carbocycles. The number of rotatable bonds is 8. The lowest BCUT2D eigenvalue weighted by atomic mass is 9.91. The quantitative estimate of drug-likeness (QED) is 0.772. The van der Waals surface area contributed by atoms with Crippen molar-refractivity contribution in [2.45, 2.75) is 57.9 Å². The van der Waals surface area contributed by atoms with E-state index in [2.05, 4.69) is 41.6 Å². The molecule has 0 unspecified atom stereocenters. The van der Waals surface area contributed by atoms with Crippen LogP contribution in [0.25, 0.3) is 11.0 Å². The molecule has 2 aliphatic rings. The Balaban J connectivity index is 1.53. The van der Waals surface area contributed by atoms with Gasteiger partial charge in [0.15, 0.2) is 5.58 Å². The zero-order chi connectivity index (χ0) is 17.9. The van der Waals surface area contributed by atoms with Crippen LogP contribution >= 0.6 is 0 Å². The van der Waals surface area contributed by atoms with Gasteiger partial charge in [-0.1, -0.05) is 24.1 Å². The first-order valence-electron chi connectivity index (χ1n) is 10.4. The van der Waals surface area contributed by atoms with Gasteiger partial charge in [0, 0.05) is 17.5 Å². The predicted molar refractivity (Wildman–Crippen MR) is 106 cm³/mol. The maximum absolute atomic E-state index is 5.90. The summed E-state index contributed by atoms with van der Waals surface area (Å²) in [6, 6.07) is 4.61. The van der Waals surface area contributed by atoms with Crippen molar-refractivity contribution >= 4 is 11.0 Å². The Hall–Kier alpha value is -1.39. The lowest BCUT2D eigenvalue weighted by Gasteiger charge is -2.21. The fourth-order valence-electron chi connectivity index (χ4n) is 4.33. The normalized spacial score (nSPS) is 18.9. The van der Waals surface area contributed by atoms with Crippen LogP contribution in [0, 0.1) is 11.8 Å². The van der Waals surface area contributed by atoms with Crippen LogP contribution in [-0.2, 0) is 19.4 Å². The SMILES string of the molecule is CN(C)Cc1c(CCC2CC2)ccc2c(CCC3CCNCC3)noc12. The van der Waals surface area contributed by atoms with Gasteiger partial charge in [0.25, 0.3) is 0 Å². The van der Waals surface area contributed by atoms with Crippen LogP contribution in [0.15, 0.2) is 16.7 Å². The smallest absolute Gasteiger partial charge is 0.171 e. The van der Waals surface area contributed by atoms with Gasteiger partial charge in [-0.05, 0) is 89.2 Å². The van der Waals surface area contributed by atoms with Gasteiger partial charge in [-0.25, -0.2) is 0 Å². The van der Waals surface area contributed by atoms with Crippen molar-refractivity contribution in [2.75, 3.05) is 27.2 Å². The van der Waals surface area contributed by atoms with Crippen LogP contribution in [0.2, 0.25) is 0 Å². The molecule has 0 atom stereocenters. The van der Waals surface area contributed by atoms with Crippen LogP contribution in [-0.4, -0.2) is 37.2 Å². The molecule has 1 N–H and O–H groups in total. The molecule has 142 valence electrons. The van der Waals surface area contributed by atoms with Gasteiger partial charge < -0.3 is 14.7 Å². The van der Waals surface area contributed by atoms with E-state index in [1.165, 1.54) is 74.5 Å². The first kappa shape index (κ1) is 18.0. The summed E-state index contributed by atoms with van der Waals surface area (Å²) in [7, 11) is 4.27. The van der Waals surface area contributed by atoms with Crippen LogP contribution in [0.4, 0.5) is 0 Å². The Labute approximate surface area is 157 Å². The van der Waals surface area contributed by atoms with E-state index in [0.717, 1.165) is 36.1 Å². The Morgan fingerprint density at radius 3 is 2.50 bits per heavy atom. The van der Waals surface area contributed by atoms with E-state index in [4.69, 9.17) is 4.52 Å². The average molecular weight is 356 g/mol. The molecule has 1 aromatic heterocycles. The van der Waals surface area contributed by atoms with Crippen LogP contribution in [0.1, 0.15) is 55.3 Å². The number of piperidine rings is 1. The summed E-state index contributed by atoms with van der Waals surface area (Å²) < 4.78 is 5.90. The van der Waals surface area contributed by atoms with Crippen molar-refractivity contribution < 1.29 is 4.52 Å². The topological polar surface area (TPSA) is 41.3 Å². The molecule has 4 heteroatoms. The molecule has 1 aliphatic carbocycles. The summed E-state index contributed by atoms with van der Waals surface area (Å²) in [4.78, 5) is 2.24. The van der Waals surface area contributed by atoms with Gasteiger partial charge in [0.05, 0.1) is 5.69 Å². The zero-order valence-corrected chi connectivity index (χ0v) is 16.4. The second-order valence-electron chi connectivity index (χ2n) is 8.66. The number of hydrogen-bond acceptors (Lipinski definition) is 4. The first-order valence-corrected chi connectivity index (χ1v) is 10.4. The molecule has 26 heavy (non-hydrogen) atoms. The fourth-order valence-corrected chi connectivity index (χ4v) is 4.33. The Morgan fingerprint density at radius 2 is 1.77 bits per heavy atom. The van der Waals surface area contributed by atoms with Gasteiger partial charge in [-0.2, -0.15) is 0 Å². The molecule has 0 bridgehead atoms. The monoisotopic (exact) mass is 355 g/mol. The van der Waals surface area contributed by atoms with Gasteiger partial charge in [-0.15, -0.1) is 0 Å². The molecule has 2 heterocycles. The third-order valence-corrected chi connectivity index (χ3v) is 6.16. The molecule has 2 fully saturated rings. The molecule has 1 aliphatic heterocycles. The highest BCUT2D eigenvalue weighted by Gasteiger charge is 2.23. The zero-order valence-electron chi connectivity index (χ0n) is 16.4. The van der Waals surface area contributed by atoms with Crippen LogP contribution in [0.5, 0.6) is 0 Å². The summed E-state index contributed by atoms with van der Waals surface area (Å²) in [6.07, 6.45) is 10.2. The van der Waals surface area contributed by atoms with Gasteiger partial charge in [0.2, 0.25) is 0 Å². The lowest BCUT2D eigenvalue weighted by Crippen LogP contribution is -2.27. The van der Waals surface area contributed by atoms with Crippen LogP contribution in [0.3, 0.4) is 0 Å². The number of aromatic nitrogens is 1. The van der Waals surface area contributed by atoms with Gasteiger partial charge in [0.1, 0.15) is 0 Å². The minimum absolute atomic E-state index is 0.835. The molecule has 4 rings (SSSR count). The fraction of sp³-hybridized carbons (Fsp3) is 0.682. The Morgan fingerprint density at radius 1 is 1.04 bits per heavy atom. The van der Waals surface area contributed by atoms with Crippen LogP contribution < -0.4 is 5.32 Å². The number of nitrogens with zero attached hydrogens (tertiary/aromatic N) is 2. The maximum Gasteiger partial charge on any atom is 0.171 e. The summed E-state index contributed by atoms with van der Waals surface area (Å²) in [5, 5.41) is 9.18. The molecular weight excluding hydrogens is 322 g/mol. The second kappa shape index (κ2) is 8.10. The second-order valence-corrected chi connectivity index (χ2v) is 8.66. The largest absolute Gasteiger partial charge is 0.356 e. The van der Waals surface area contributed by atoms with E-state index in [-0.39, 0.29) is 0 Å². The highest BCUT2D eigenvalue weighted by atomic mass is 16.5. The minimum Gasteiger partial charge on any atom is -0.356 e. The van der Waals surface area contributed by atoms with Crippen molar-refractivity contribution in [3.05, 3.63) is 29.0 Å². The van der Waals surface area contributed by atoms with Gasteiger partial charge >= 0.3 is 0 Å². The molecule has 0 spiro atoms. The molecule has 1 aromatic carbocycles. The number of fused-ring (bicyclic) bond motifs is 1. The molecule has 4 nitrogen and oxygen atoms in total. The number of benzene rings is 1. The van der Waals surface area contributed by atoms with Gasteiger partial charge in [-0.3, -0.25) is 0 Å². The highest BCUT2D eigenvalue weighted by molar-refractivity contribution is 5.83. The average Bonchev–Trinajstić information content (AvgIpc) is 3.38. The highest BCUT2D eigenvalue weighted by Crippen LogP contribution is 2.35. The van der Waals surface area contributed by atoms with E-state index < -0.39 is 0 Å².